The molecule has 94 valence electrons. The predicted octanol–water partition coefficient (Wildman–Crippen LogP) is 1.22. The first kappa shape index (κ1) is 11.1. The zero-order valence-electron chi connectivity index (χ0n) is 10.4. The van der Waals surface area contributed by atoms with Gasteiger partial charge in [0.25, 0.3) is 0 Å². The number of hydrogen-bond acceptors (Lipinski definition) is 5. The first-order valence-corrected chi connectivity index (χ1v) is 6.23. The summed E-state index contributed by atoms with van der Waals surface area (Å²) in [6, 6.07) is 2.37. The molecule has 0 N–H and O–H groups in total. The van der Waals surface area contributed by atoms with Crippen molar-refractivity contribution in [3.8, 4) is 0 Å². The number of aromatic nitrogens is 5. The number of nitrogens with zero attached hydrogens (tertiary/aromatic N) is 6. The second-order valence-electron chi connectivity index (χ2n) is 4.60. The highest BCUT2D eigenvalue weighted by atomic mass is 15.4. The van der Waals surface area contributed by atoms with Crippen LogP contribution in [0.15, 0.2) is 24.7 Å². The minimum absolute atomic E-state index is 0.452. The molecule has 18 heavy (non-hydrogen) atoms. The first-order chi connectivity index (χ1) is 8.83. The highest BCUT2D eigenvalue weighted by Gasteiger charge is 2.22. The summed E-state index contributed by atoms with van der Waals surface area (Å²) in [6.07, 6.45) is 7.60. The summed E-state index contributed by atoms with van der Waals surface area (Å²) in [4.78, 5) is 11.0. The van der Waals surface area contributed by atoms with E-state index in [4.69, 9.17) is 0 Å². The van der Waals surface area contributed by atoms with Gasteiger partial charge in [0, 0.05) is 31.2 Å². The monoisotopic (exact) mass is 244 g/mol. The predicted molar refractivity (Wildman–Crippen MR) is 67.3 cm³/mol. The van der Waals surface area contributed by atoms with Gasteiger partial charge in [0.2, 0.25) is 5.95 Å². The van der Waals surface area contributed by atoms with E-state index in [2.05, 4.69) is 25.2 Å². The minimum Gasteiger partial charge on any atom is -0.341 e. The van der Waals surface area contributed by atoms with Crippen molar-refractivity contribution in [3.63, 3.8) is 0 Å². The molecule has 0 amide bonds. The molecule has 1 fully saturated rings. The van der Waals surface area contributed by atoms with E-state index in [1.807, 2.05) is 30.1 Å². The number of anilines is 1. The largest absolute Gasteiger partial charge is 0.341 e. The molecule has 0 radical (unpaired) electrons. The van der Waals surface area contributed by atoms with Crippen molar-refractivity contribution in [3.05, 3.63) is 30.4 Å². The van der Waals surface area contributed by atoms with Gasteiger partial charge in [0.1, 0.15) is 0 Å². The maximum absolute atomic E-state index is 4.46. The summed E-state index contributed by atoms with van der Waals surface area (Å²) in [6.45, 7) is 3.93. The minimum atomic E-state index is 0.452. The molecule has 0 bridgehead atoms. The molecule has 0 aromatic carbocycles. The van der Waals surface area contributed by atoms with Crippen LogP contribution in [0.5, 0.6) is 0 Å². The molecular formula is C12H16N6. The Labute approximate surface area is 106 Å². The van der Waals surface area contributed by atoms with Crippen LogP contribution in [0.1, 0.15) is 24.6 Å². The Bertz CT molecular complexity index is 501. The maximum atomic E-state index is 4.46. The molecular weight excluding hydrogens is 228 g/mol. The van der Waals surface area contributed by atoms with Gasteiger partial charge in [-0.3, -0.25) is 0 Å². The van der Waals surface area contributed by atoms with Gasteiger partial charge in [-0.2, -0.15) is 0 Å². The lowest BCUT2D eigenvalue weighted by molar-refractivity contribution is 0.358. The van der Waals surface area contributed by atoms with E-state index < -0.39 is 0 Å². The molecule has 6 nitrogen and oxygen atoms in total. The van der Waals surface area contributed by atoms with E-state index in [1.165, 1.54) is 0 Å². The Hall–Kier alpha value is -1.98. The van der Waals surface area contributed by atoms with E-state index in [-0.39, 0.29) is 0 Å². The van der Waals surface area contributed by atoms with Crippen molar-refractivity contribution in [1.82, 2.24) is 25.0 Å². The molecule has 0 spiro atoms. The first-order valence-electron chi connectivity index (χ1n) is 6.23. The summed E-state index contributed by atoms with van der Waals surface area (Å²) >= 11 is 0. The molecule has 1 aliphatic rings. The highest BCUT2D eigenvalue weighted by molar-refractivity contribution is 5.30. The normalized spacial score (nSPS) is 17.1. The van der Waals surface area contributed by atoms with Gasteiger partial charge in [0.05, 0.1) is 12.2 Å². The fourth-order valence-corrected chi connectivity index (χ4v) is 2.33. The maximum Gasteiger partial charge on any atom is 0.225 e. The molecule has 3 rings (SSSR count). The molecule has 0 saturated carbocycles. The van der Waals surface area contributed by atoms with E-state index >= 15 is 0 Å². The second-order valence-corrected chi connectivity index (χ2v) is 4.60. The van der Waals surface area contributed by atoms with Gasteiger partial charge in [-0.05, 0) is 25.8 Å². The zero-order valence-corrected chi connectivity index (χ0v) is 10.4. The molecule has 6 heteroatoms. The van der Waals surface area contributed by atoms with Crippen molar-refractivity contribution in [2.24, 2.45) is 0 Å². The van der Waals surface area contributed by atoms with E-state index in [1.54, 1.807) is 6.20 Å². The lowest BCUT2D eigenvalue weighted by Crippen LogP contribution is -2.36. The van der Waals surface area contributed by atoms with E-state index in [0.29, 0.717) is 6.04 Å². The van der Waals surface area contributed by atoms with Crippen LogP contribution in [0.25, 0.3) is 0 Å². The fraction of sp³-hybridized carbons (Fsp3) is 0.500. The van der Waals surface area contributed by atoms with Crippen molar-refractivity contribution < 1.29 is 0 Å². The van der Waals surface area contributed by atoms with Crippen molar-refractivity contribution in [2.45, 2.75) is 25.8 Å². The van der Waals surface area contributed by atoms with Gasteiger partial charge < -0.3 is 4.90 Å². The number of hydrogen-bond donors (Lipinski definition) is 0. The van der Waals surface area contributed by atoms with E-state index in [9.17, 15) is 0 Å². The van der Waals surface area contributed by atoms with Crippen molar-refractivity contribution in [1.29, 1.82) is 0 Å². The van der Waals surface area contributed by atoms with Crippen LogP contribution in [0.2, 0.25) is 0 Å². The van der Waals surface area contributed by atoms with Crippen LogP contribution in [0, 0.1) is 6.92 Å². The van der Waals surface area contributed by atoms with Crippen LogP contribution >= 0.6 is 0 Å². The Morgan fingerprint density at radius 1 is 1.22 bits per heavy atom. The molecule has 2 aromatic heterocycles. The van der Waals surface area contributed by atoms with Crippen LogP contribution in [-0.2, 0) is 0 Å². The SMILES string of the molecule is Cc1ccnc(N2CCC(n3ccnn3)CC2)n1. The summed E-state index contributed by atoms with van der Waals surface area (Å²) < 4.78 is 1.95. The van der Waals surface area contributed by atoms with E-state index in [0.717, 1.165) is 37.6 Å². The summed E-state index contributed by atoms with van der Waals surface area (Å²) in [5.74, 6) is 0.840. The number of aryl methyl sites for hydroxylation is 1. The van der Waals surface area contributed by atoms with Crippen LogP contribution in [0.3, 0.4) is 0 Å². The van der Waals surface area contributed by atoms with Gasteiger partial charge in [-0.25, -0.2) is 14.6 Å². The summed E-state index contributed by atoms with van der Waals surface area (Å²) in [5.41, 5.74) is 1.01. The Morgan fingerprint density at radius 3 is 2.72 bits per heavy atom. The van der Waals surface area contributed by atoms with Crippen molar-refractivity contribution in [2.75, 3.05) is 18.0 Å². The van der Waals surface area contributed by atoms with Gasteiger partial charge >= 0.3 is 0 Å². The Kier molecular flexibility index (Phi) is 2.92. The average Bonchev–Trinajstić information content (AvgIpc) is 2.93. The summed E-state index contributed by atoms with van der Waals surface area (Å²) in [5, 5.41) is 7.93. The average molecular weight is 244 g/mol. The molecule has 1 aliphatic heterocycles. The third-order valence-electron chi connectivity index (χ3n) is 3.34. The molecule has 0 aliphatic carbocycles. The molecule has 3 heterocycles. The van der Waals surface area contributed by atoms with Gasteiger partial charge in [0.15, 0.2) is 0 Å². The Morgan fingerprint density at radius 2 is 2.06 bits per heavy atom. The smallest absolute Gasteiger partial charge is 0.225 e. The van der Waals surface area contributed by atoms with Crippen molar-refractivity contribution >= 4 is 5.95 Å². The van der Waals surface area contributed by atoms with Crippen LogP contribution in [0.4, 0.5) is 5.95 Å². The van der Waals surface area contributed by atoms with Gasteiger partial charge in [-0.15, -0.1) is 5.10 Å². The quantitative estimate of drug-likeness (QED) is 0.795. The molecule has 0 atom stereocenters. The van der Waals surface area contributed by atoms with Crippen LogP contribution in [-0.4, -0.2) is 38.1 Å². The fourth-order valence-electron chi connectivity index (χ4n) is 2.33. The third-order valence-corrected chi connectivity index (χ3v) is 3.34. The molecule has 0 unspecified atom stereocenters. The zero-order chi connectivity index (χ0) is 12.4. The van der Waals surface area contributed by atoms with Gasteiger partial charge in [-0.1, -0.05) is 5.21 Å². The lowest BCUT2D eigenvalue weighted by atomic mass is 10.1. The number of rotatable bonds is 2. The molecule has 1 saturated heterocycles. The lowest BCUT2D eigenvalue weighted by Gasteiger charge is -2.31. The topological polar surface area (TPSA) is 59.7 Å². The standard InChI is InChI=1S/C12H16N6/c1-10-2-5-13-12(15-10)17-7-3-11(4-8-17)18-9-6-14-16-18/h2,5-6,9,11H,3-4,7-8H2,1H3. The van der Waals surface area contributed by atoms with Crippen LogP contribution < -0.4 is 4.90 Å². The Balaban J connectivity index is 1.67. The molecule has 2 aromatic rings. The third kappa shape index (κ3) is 2.18. The number of piperidine rings is 1. The second kappa shape index (κ2) is 4.72. The highest BCUT2D eigenvalue weighted by Crippen LogP contribution is 2.23. The summed E-state index contributed by atoms with van der Waals surface area (Å²) in [7, 11) is 0.